The Kier molecular flexibility index (Phi) is 10.6. The van der Waals surface area contributed by atoms with Crippen LogP contribution in [0.15, 0.2) is 54.6 Å². The van der Waals surface area contributed by atoms with Crippen LogP contribution in [0.5, 0.6) is 0 Å². The SMILES string of the molecule is C1=CC2C(C=C1)C([Si]1(c3ccccc3)CCCC1)C1[CH-]CCCC21.[Cl-].[Cl-].[Cl-].[Ti+4]. The minimum Gasteiger partial charge on any atom is -1.00 e. The fraction of sp³-hybridized carbons (Fsp3) is 0.522. The van der Waals surface area contributed by atoms with Crippen molar-refractivity contribution in [3.05, 3.63) is 61.1 Å². The van der Waals surface area contributed by atoms with Crippen molar-refractivity contribution < 1.29 is 58.9 Å². The third-order valence-electron chi connectivity index (χ3n) is 7.70. The molecule has 0 N–H and O–H groups in total. The zero-order chi connectivity index (χ0) is 16.0. The van der Waals surface area contributed by atoms with E-state index in [4.69, 9.17) is 0 Å². The summed E-state index contributed by atoms with van der Waals surface area (Å²) in [7, 11) is -1.41. The number of allylic oxidation sites excluding steroid dienone is 4. The van der Waals surface area contributed by atoms with Gasteiger partial charge in [-0.05, 0) is 11.8 Å². The molecule has 0 spiro atoms. The fourth-order valence-corrected chi connectivity index (χ4v) is 13.6. The quantitative estimate of drug-likeness (QED) is 0.300. The van der Waals surface area contributed by atoms with Gasteiger partial charge in [-0.2, -0.15) is 12.3 Å². The van der Waals surface area contributed by atoms with Crippen molar-refractivity contribution in [2.45, 2.75) is 49.7 Å². The summed E-state index contributed by atoms with van der Waals surface area (Å²) in [5, 5.41) is 1.77. The van der Waals surface area contributed by atoms with Crippen LogP contribution in [0.1, 0.15) is 32.1 Å². The Labute approximate surface area is 205 Å². The van der Waals surface area contributed by atoms with Gasteiger partial charge in [0.25, 0.3) is 0 Å². The van der Waals surface area contributed by atoms with Gasteiger partial charge in [-0.15, -0.1) is 0 Å². The van der Waals surface area contributed by atoms with E-state index in [9.17, 15) is 0 Å². The number of fused-ring (bicyclic) bond motifs is 3. The molecule has 150 valence electrons. The molecule has 5 rings (SSSR count). The minimum absolute atomic E-state index is 0. The van der Waals surface area contributed by atoms with Crippen molar-refractivity contribution in [2.24, 2.45) is 23.7 Å². The summed E-state index contributed by atoms with van der Waals surface area (Å²) in [6.45, 7) is 0. The Morgan fingerprint density at radius 1 is 0.821 bits per heavy atom. The van der Waals surface area contributed by atoms with Gasteiger partial charge in [0, 0.05) is 0 Å². The number of hydrogen-bond acceptors (Lipinski definition) is 0. The standard InChI is InChI=1S/C23H29Si.3ClH.Ti/c1-2-10-18(11-3-1)24(16-8-9-17-24)23-21-14-6-4-12-19(21)20-13-5-7-15-22(20)23;;;;/h1-4,6,10-12,14-15,19-23H,5,7-9,13,16-17H2;3*1H;/q-1;;;;+4/p-3. The molecule has 0 aromatic heterocycles. The molecule has 5 atom stereocenters. The second kappa shape index (κ2) is 11.2. The van der Waals surface area contributed by atoms with Gasteiger partial charge in [-0.25, -0.2) is 0 Å². The zero-order valence-corrected chi connectivity index (χ0v) is 21.1. The maximum absolute atomic E-state index is 2.77. The molecule has 2 saturated carbocycles. The zero-order valence-electron chi connectivity index (χ0n) is 16.2. The van der Waals surface area contributed by atoms with E-state index >= 15 is 0 Å². The summed E-state index contributed by atoms with van der Waals surface area (Å²) in [4.78, 5) is 0. The molecule has 5 unspecified atom stereocenters. The fourth-order valence-electron chi connectivity index (χ4n) is 6.91. The van der Waals surface area contributed by atoms with Crippen molar-refractivity contribution in [3.8, 4) is 0 Å². The van der Waals surface area contributed by atoms with Gasteiger partial charge in [-0.3, -0.25) is 0 Å². The van der Waals surface area contributed by atoms with Gasteiger partial charge in [0.1, 0.15) is 0 Å². The van der Waals surface area contributed by atoms with Crippen LogP contribution in [0, 0.1) is 30.1 Å². The van der Waals surface area contributed by atoms with Crippen LogP contribution in [0.3, 0.4) is 0 Å². The first kappa shape index (κ1) is 26.5. The molecule has 3 aliphatic carbocycles. The van der Waals surface area contributed by atoms with Crippen molar-refractivity contribution >= 4 is 13.3 Å². The maximum Gasteiger partial charge on any atom is 4.00 e. The van der Waals surface area contributed by atoms with Gasteiger partial charge in [-0.1, -0.05) is 109 Å². The third kappa shape index (κ3) is 4.27. The second-order valence-electron chi connectivity index (χ2n) is 8.59. The molecule has 3 fully saturated rings. The summed E-state index contributed by atoms with van der Waals surface area (Å²) in [5.41, 5.74) is 0.957. The van der Waals surface area contributed by atoms with Crippen molar-refractivity contribution in [1.29, 1.82) is 0 Å². The summed E-state index contributed by atoms with van der Waals surface area (Å²) in [6, 6.07) is 14.9. The number of benzene rings is 1. The molecule has 0 bridgehead atoms. The largest absolute Gasteiger partial charge is 4.00 e. The average Bonchev–Trinajstić information content (AvgIpc) is 3.26. The Hall–Kier alpha value is 0.501. The predicted molar refractivity (Wildman–Crippen MR) is 105 cm³/mol. The van der Waals surface area contributed by atoms with E-state index in [-0.39, 0.29) is 58.9 Å². The first-order valence-corrected chi connectivity index (χ1v) is 12.6. The van der Waals surface area contributed by atoms with Crippen molar-refractivity contribution in [1.82, 2.24) is 0 Å². The van der Waals surface area contributed by atoms with E-state index in [1.807, 2.05) is 0 Å². The molecule has 4 aliphatic rings. The van der Waals surface area contributed by atoms with Crippen molar-refractivity contribution in [2.75, 3.05) is 0 Å². The Morgan fingerprint density at radius 2 is 1.46 bits per heavy atom. The van der Waals surface area contributed by atoms with E-state index < -0.39 is 8.07 Å². The normalized spacial score (nSPS) is 33.9. The molecular formula is C23H29Cl3SiTi. The van der Waals surface area contributed by atoms with Crippen LogP contribution in [0.25, 0.3) is 0 Å². The first-order chi connectivity index (χ1) is 11.9. The van der Waals surface area contributed by atoms with Gasteiger partial charge in [0.15, 0.2) is 0 Å². The van der Waals surface area contributed by atoms with Crippen LogP contribution in [0.2, 0.25) is 17.6 Å². The number of halogens is 3. The molecule has 1 heterocycles. The summed E-state index contributed by atoms with van der Waals surface area (Å²) < 4.78 is 0. The smallest absolute Gasteiger partial charge is 1.00 e. The first-order valence-electron chi connectivity index (χ1n) is 10.1. The molecule has 1 aromatic carbocycles. The topological polar surface area (TPSA) is 0 Å². The number of rotatable bonds is 2. The number of hydrogen-bond donors (Lipinski definition) is 0. The summed E-state index contributed by atoms with van der Waals surface area (Å²) >= 11 is 0. The molecule has 28 heavy (non-hydrogen) atoms. The van der Waals surface area contributed by atoms with Crippen molar-refractivity contribution in [3.63, 3.8) is 0 Å². The predicted octanol–water partition coefficient (Wildman–Crippen LogP) is -3.49. The molecule has 5 heteroatoms. The van der Waals surface area contributed by atoms with E-state index in [1.165, 1.54) is 32.1 Å². The van der Waals surface area contributed by atoms with Gasteiger partial charge >= 0.3 is 21.7 Å². The van der Waals surface area contributed by atoms with E-state index in [0.717, 1.165) is 29.2 Å². The van der Waals surface area contributed by atoms with Crippen LogP contribution in [-0.2, 0) is 21.7 Å². The summed E-state index contributed by atoms with van der Waals surface area (Å²) in [6.07, 6.45) is 19.9. The molecular weight excluding hydrogens is 459 g/mol. The molecule has 0 amide bonds. The second-order valence-corrected chi connectivity index (χ2v) is 13.1. The third-order valence-corrected chi connectivity index (χ3v) is 13.7. The van der Waals surface area contributed by atoms with Crippen LogP contribution >= 0.6 is 0 Å². The van der Waals surface area contributed by atoms with Crippen LogP contribution in [0.4, 0.5) is 0 Å². The van der Waals surface area contributed by atoms with Gasteiger partial charge < -0.3 is 43.6 Å². The molecule has 1 aliphatic heterocycles. The molecule has 0 radical (unpaired) electrons. The van der Waals surface area contributed by atoms with Crippen LogP contribution in [-0.4, -0.2) is 8.07 Å². The van der Waals surface area contributed by atoms with E-state index in [1.54, 1.807) is 17.3 Å². The minimum atomic E-state index is -1.41. The van der Waals surface area contributed by atoms with E-state index in [0.29, 0.717) is 0 Å². The maximum atomic E-state index is 2.77. The Bertz CT molecular complexity index is 657. The monoisotopic (exact) mass is 486 g/mol. The molecule has 1 aromatic rings. The van der Waals surface area contributed by atoms with Crippen LogP contribution < -0.4 is 42.4 Å². The Morgan fingerprint density at radius 3 is 2.14 bits per heavy atom. The van der Waals surface area contributed by atoms with Gasteiger partial charge in [0.2, 0.25) is 0 Å². The molecule has 1 saturated heterocycles. The summed E-state index contributed by atoms with van der Waals surface area (Å²) in [5.74, 6) is 3.48. The van der Waals surface area contributed by atoms with Gasteiger partial charge in [0.05, 0.1) is 8.07 Å². The van der Waals surface area contributed by atoms with E-state index in [2.05, 4.69) is 61.1 Å². The Balaban J connectivity index is 0.000000980. The molecule has 0 nitrogen and oxygen atoms in total. The average molecular weight is 488 g/mol.